The number of aryl methyl sites for hydroxylation is 1. The number of halogens is 3. The summed E-state index contributed by atoms with van der Waals surface area (Å²) in [5.74, 6) is 5.15. The molecule has 2 heterocycles. The number of nitrogens with one attached hydrogen (secondary N) is 2. The minimum atomic E-state index is -4.46. The molecule has 4 N–H and O–H groups in total. The van der Waals surface area contributed by atoms with Gasteiger partial charge < -0.3 is 10.7 Å². The molecule has 0 amide bonds. The van der Waals surface area contributed by atoms with E-state index in [0.29, 0.717) is 6.54 Å². The van der Waals surface area contributed by atoms with Crippen molar-refractivity contribution >= 4 is 23.0 Å². The molecule has 0 unspecified atom stereocenters. The highest BCUT2D eigenvalue weighted by Crippen LogP contribution is 2.32. The number of aromatic nitrogens is 2. The largest absolute Gasteiger partial charge is 0.416 e. The van der Waals surface area contributed by atoms with Crippen LogP contribution < -0.4 is 16.6 Å². The first-order chi connectivity index (χ1) is 9.38. The summed E-state index contributed by atoms with van der Waals surface area (Å²) in [5.41, 5.74) is 1.30. The molecule has 0 saturated heterocycles. The van der Waals surface area contributed by atoms with Crippen LogP contribution in [0.2, 0.25) is 0 Å². The average Bonchev–Trinajstić information content (AvgIpc) is 2.81. The monoisotopic (exact) mass is 303 g/mol. The van der Waals surface area contributed by atoms with E-state index in [-0.39, 0.29) is 11.6 Å². The summed E-state index contributed by atoms with van der Waals surface area (Å²) in [7, 11) is 0. The second-order valence-electron chi connectivity index (χ2n) is 3.99. The van der Waals surface area contributed by atoms with Crippen LogP contribution in [0.25, 0.3) is 0 Å². The molecule has 2 aromatic rings. The van der Waals surface area contributed by atoms with Crippen molar-refractivity contribution in [1.82, 2.24) is 9.97 Å². The zero-order chi connectivity index (χ0) is 14.8. The van der Waals surface area contributed by atoms with E-state index in [2.05, 4.69) is 20.7 Å². The number of anilines is 2. The van der Waals surface area contributed by atoms with E-state index in [1.54, 1.807) is 6.20 Å². The van der Waals surface area contributed by atoms with Gasteiger partial charge in [0.1, 0.15) is 16.6 Å². The summed E-state index contributed by atoms with van der Waals surface area (Å²) >= 11 is 1.46. The van der Waals surface area contributed by atoms with Crippen LogP contribution in [0.15, 0.2) is 18.3 Å². The molecule has 0 aliphatic carbocycles. The Morgan fingerprint density at radius 2 is 2.00 bits per heavy atom. The number of nitrogens with zero attached hydrogens (tertiary/aromatic N) is 2. The molecule has 0 saturated carbocycles. The molecule has 9 heteroatoms. The maximum Gasteiger partial charge on any atom is 0.416 e. The predicted octanol–water partition coefficient (Wildman–Crippen LogP) is 2.76. The van der Waals surface area contributed by atoms with Crippen LogP contribution in [0.1, 0.15) is 15.4 Å². The Bertz CT molecular complexity index is 596. The van der Waals surface area contributed by atoms with Crippen molar-refractivity contribution in [3.63, 3.8) is 0 Å². The number of nitrogens with two attached hydrogens (primary N) is 1. The number of hydrogen-bond acceptors (Lipinski definition) is 6. The van der Waals surface area contributed by atoms with Gasteiger partial charge in [0.2, 0.25) is 0 Å². The molecule has 0 aliphatic rings. The van der Waals surface area contributed by atoms with Crippen LogP contribution in [0, 0.1) is 6.92 Å². The number of thiazole rings is 1. The highest BCUT2D eigenvalue weighted by molar-refractivity contribution is 7.11. The third-order valence-corrected chi connectivity index (χ3v) is 3.30. The van der Waals surface area contributed by atoms with Crippen molar-refractivity contribution in [2.45, 2.75) is 19.6 Å². The van der Waals surface area contributed by atoms with Gasteiger partial charge in [0.25, 0.3) is 0 Å². The Balaban J connectivity index is 2.18. The van der Waals surface area contributed by atoms with Gasteiger partial charge in [-0.3, -0.25) is 0 Å². The molecule has 20 heavy (non-hydrogen) atoms. The first kappa shape index (κ1) is 14.5. The number of pyridine rings is 1. The van der Waals surface area contributed by atoms with Gasteiger partial charge in [0.15, 0.2) is 0 Å². The summed E-state index contributed by atoms with van der Waals surface area (Å²) < 4.78 is 38.1. The number of rotatable bonds is 4. The molecular weight excluding hydrogens is 291 g/mol. The van der Waals surface area contributed by atoms with E-state index in [4.69, 9.17) is 5.84 Å². The molecule has 0 bridgehead atoms. The van der Waals surface area contributed by atoms with E-state index in [1.165, 1.54) is 11.3 Å². The molecule has 2 aromatic heterocycles. The zero-order valence-electron chi connectivity index (χ0n) is 10.5. The summed E-state index contributed by atoms with van der Waals surface area (Å²) in [6.45, 7) is 2.21. The van der Waals surface area contributed by atoms with Crippen LogP contribution in [0.3, 0.4) is 0 Å². The Labute approximate surface area is 117 Å². The van der Waals surface area contributed by atoms with Gasteiger partial charge in [-0.05, 0) is 19.1 Å². The minimum absolute atomic E-state index is 0.0577. The standard InChI is InChI=1S/C11H12F3N5S/c1-6-4-17-10(20-6)5-16-8-2-7(11(12,13)14)3-9(18-8)19-15/h2-4H,5,15H2,1H3,(H2,16,18,19). The summed E-state index contributed by atoms with van der Waals surface area (Å²) in [5, 5.41) is 3.57. The fourth-order valence-corrected chi connectivity index (χ4v) is 2.23. The lowest BCUT2D eigenvalue weighted by Gasteiger charge is -2.11. The lowest BCUT2D eigenvalue weighted by molar-refractivity contribution is -0.137. The molecule has 0 atom stereocenters. The maximum absolute atomic E-state index is 12.7. The molecule has 5 nitrogen and oxygen atoms in total. The second kappa shape index (κ2) is 5.63. The summed E-state index contributed by atoms with van der Waals surface area (Å²) in [6.07, 6.45) is -2.75. The Kier molecular flexibility index (Phi) is 4.09. The van der Waals surface area contributed by atoms with E-state index < -0.39 is 11.7 Å². The number of hydrogen-bond donors (Lipinski definition) is 3. The van der Waals surface area contributed by atoms with E-state index in [9.17, 15) is 13.2 Å². The van der Waals surface area contributed by atoms with Gasteiger partial charge in [-0.2, -0.15) is 13.2 Å². The Hall–Kier alpha value is -1.87. The van der Waals surface area contributed by atoms with Gasteiger partial charge in [0, 0.05) is 11.1 Å². The van der Waals surface area contributed by atoms with Crippen LogP contribution in [-0.2, 0) is 12.7 Å². The SMILES string of the molecule is Cc1cnc(CNc2cc(C(F)(F)F)cc(NN)n2)s1. The second-order valence-corrected chi connectivity index (χ2v) is 5.31. The quantitative estimate of drug-likeness (QED) is 0.598. The van der Waals surface area contributed by atoms with Gasteiger partial charge in [0.05, 0.1) is 12.1 Å². The fraction of sp³-hybridized carbons (Fsp3) is 0.273. The normalized spacial score (nSPS) is 11.4. The summed E-state index contributed by atoms with van der Waals surface area (Å²) in [6, 6.07) is 1.78. The topological polar surface area (TPSA) is 75.9 Å². The van der Waals surface area contributed by atoms with Crippen molar-refractivity contribution in [2.24, 2.45) is 5.84 Å². The smallest absolute Gasteiger partial charge is 0.363 e. The number of hydrazine groups is 1. The first-order valence-corrected chi connectivity index (χ1v) is 6.41. The van der Waals surface area contributed by atoms with E-state index >= 15 is 0 Å². The molecule has 0 radical (unpaired) electrons. The Morgan fingerprint density at radius 3 is 2.55 bits per heavy atom. The van der Waals surface area contributed by atoms with Crippen molar-refractivity contribution in [3.8, 4) is 0 Å². The van der Waals surface area contributed by atoms with Gasteiger partial charge in [-0.1, -0.05) is 0 Å². The van der Waals surface area contributed by atoms with Crippen LogP contribution in [0.5, 0.6) is 0 Å². The van der Waals surface area contributed by atoms with Crippen molar-refractivity contribution < 1.29 is 13.2 Å². The minimum Gasteiger partial charge on any atom is -0.363 e. The number of alkyl halides is 3. The van der Waals surface area contributed by atoms with Gasteiger partial charge in [-0.25, -0.2) is 15.8 Å². The van der Waals surface area contributed by atoms with Crippen LogP contribution in [-0.4, -0.2) is 9.97 Å². The molecule has 0 aliphatic heterocycles. The molecule has 0 spiro atoms. The molecule has 0 fully saturated rings. The van der Waals surface area contributed by atoms with Crippen molar-refractivity contribution in [3.05, 3.63) is 33.8 Å². The first-order valence-electron chi connectivity index (χ1n) is 5.59. The molecule has 0 aromatic carbocycles. The van der Waals surface area contributed by atoms with Crippen molar-refractivity contribution in [1.29, 1.82) is 0 Å². The number of nitrogen functional groups attached to an aromatic ring is 1. The zero-order valence-corrected chi connectivity index (χ0v) is 11.3. The third kappa shape index (κ3) is 3.58. The lowest BCUT2D eigenvalue weighted by atomic mass is 10.2. The highest BCUT2D eigenvalue weighted by Gasteiger charge is 2.31. The van der Waals surface area contributed by atoms with Crippen LogP contribution in [0.4, 0.5) is 24.8 Å². The lowest BCUT2D eigenvalue weighted by Crippen LogP contribution is -2.13. The Morgan fingerprint density at radius 1 is 1.30 bits per heavy atom. The molecular formula is C11H12F3N5S. The van der Waals surface area contributed by atoms with Crippen molar-refractivity contribution in [2.75, 3.05) is 10.7 Å². The molecule has 108 valence electrons. The fourth-order valence-electron chi connectivity index (χ4n) is 1.51. The van der Waals surface area contributed by atoms with E-state index in [1.807, 2.05) is 6.92 Å². The van der Waals surface area contributed by atoms with E-state index in [0.717, 1.165) is 22.0 Å². The average molecular weight is 303 g/mol. The van der Waals surface area contributed by atoms with Gasteiger partial charge in [-0.15, -0.1) is 11.3 Å². The van der Waals surface area contributed by atoms with Crippen LogP contribution >= 0.6 is 11.3 Å². The van der Waals surface area contributed by atoms with Gasteiger partial charge >= 0.3 is 6.18 Å². The predicted molar refractivity (Wildman–Crippen MR) is 71.2 cm³/mol. The highest BCUT2D eigenvalue weighted by atomic mass is 32.1. The summed E-state index contributed by atoms with van der Waals surface area (Å²) in [4.78, 5) is 9.06. The third-order valence-electron chi connectivity index (χ3n) is 2.39. The molecule has 2 rings (SSSR count). The maximum atomic E-state index is 12.7.